The number of ether oxygens (including phenoxy) is 1. The second-order valence-corrected chi connectivity index (χ2v) is 6.08. The third-order valence-corrected chi connectivity index (χ3v) is 4.45. The molecule has 0 aliphatic rings. The predicted molar refractivity (Wildman–Crippen MR) is 76.4 cm³/mol. The molecule has 0 unspecified atom stereocenters. The Morgan fingerprint density at radius 3 is 2.86 bits per heavy atom. The monoisotopic (exact) mass is 311 g/mol. The Bertz CT molecular complexity index is 683. The van der Waals surface area contributed by atoms with E-state index >= 15 is 0 Å². The average Bonchev–Trinajstić information content (AvgIpc) is 2.99. The predicted octanol–water partition coefficient (Wildman–Crippen LogP) is 0.432. The van der Waals surface area contributed by atoms with E-state index in [9.17, 15) is 8.42 Å². The van der Waals surface area contributed by atoms with Gasteiger partial charge in [-0.1, -0.05) is 0 Å². The van der Waals surface area contributed by atoms with E-state index < -0.39 is 10.0 Å². The summed E-state index contributed by atoms with van der Waals surface area (Å²) in [6.45, 7) is -0.0246. The Morgan fingerprint density at radius 1 is 1.43 bits per heavy atom. The van der Waals surface area contributed by atoms with Crippen LogP contribution in [0.25, 0.3) is 0 Å². The van der Waals surface area contributed by atoms with Crippen LogP contribution >= 0.6 is 0 Å². The molecule has 7 nitrogen and oxygen atoms in total. The van der Waals surface area contributed by atoms with Crippen molar-refractivity contribution in [3.05, 3.63) is 42.0 Å². The highest BCUT2D eigenvalue weighted by Gasteiger charge is 2.19. The van der Waals surface area contributed by atoms with Gasteiger partial charge >= 0.3 is 0 Å². The maximum absolute atomic E-state index is 12.4. The molecule has 0 aliphatic carbocycles. The van der Waals surface area contributed by atoms with E-state index in [0.717, 1.165) is 0 Å². The molecule has 1 aromatic carbocycles. The molecule has 0 saturated carbocycles. The van der Waals surface area contributed by atoms with E-state index in [1.54, 1.807) is 18.3 Å². The number of benzene rings is 1. The molecular formula is C13H17N3O4S. The van der Waals surface area contributed by atoms with Crippen molar-refractivity contribution >= 4 is 10.0 Å². The molecule has 3 N–H and O–H groups in total. The van der Waals surface area contributed by atoms with Crippen molar-refractivity contribution < 1.29 is 18.3 Å². The van der Waals surface area contributed by atoms with Crippen molar-refractivity contribution in [1.29, 1.82) is 0 Å². The molecule has 0 radical (unpaired) electrons. The molecule has 0 bridgehead atoms. The van der Waals surface area contributed by atoms with Gasteiger partial charge in [-0.2, -0.15) is 0 Å². The summed E-state index contributed by atoms with van der Waals surface area (Å²) >= 11 is 0. The number of sulfonamides is 1. The van der Waals surface area contributed by atoms with Crippen LogP contribution in [0.3, 0.4) is 0 Å². The highest BCUT2D eigenvalue weighted by atomic mass is 32.2. The van der Waals surface area contributed by atoms with Crippen molar-refractivity contribution in [2.24, 2.45) is 0 Å². The summed E-state index contributed by atoms with van der Waals surface area (Å²) in [5.41, 5.74) is 1.17. The number of nitrogens with one attached hydrogen (secondary N) is 2. The van der Waals surface area contributed by atoms with Gasteiger partial charge in [0.05, 0.1) is 24.9 Å². The number of hydrogen-bond acceptors (Lipinski definition) is 5. The highest BCUT2D eigenvalue weighted by Crippen LogP contribution is 2.22. The van der Waals surface area contributed by atoms with Gasteiger partial charge in [-0.05, 0) is 30.2 Å². The number of hydrogen-bond donors (Lipinski definition) is 3. The third kappa shape index (κ3) is 3.81. The van der Waals surface area contributed by atoms with E-state index in [4.69, 9.17) is 9.84 Å². The fourth-order valence-electron chi connectivity index (χ4n) is 1.89. The van der Waals surface area contributed by atoms with Gasteiger partial charge in [-0.25, -0.2) is 18.1 Å². The standard InChI is InChI=1S/C13H17N3O4S/c1-20-12-2-3-13(10(6-12)4-5-17)21(18,19)16-8-11-7-14-9-15-11/h2-3,6-7,9,16-17H,4-5,8H2,1H3,(H,14,15). The molecule has 0 fully saturated rings. The van der Waals surface area contributed by atoms with Gasteiger partial charge in [-0.15, -0.1) is 0 Å². The van der Waals surface area contributed by atoms with Gasteiger partial charge in [0.15, 0.2) is 0 Å². The molecule has 0 atom stereocenters. The van der Waals surface area contributed by atoms with Crippen molar-refractivity contribution in [1.82, 2.24) is 14.7 Å². The molecule has 8 heteroatoms. The minimum Gasteiger partial charge on any atom is -0.497 e. The largest absolute Gasteiger partial charge is 0.497 e. The van der Waals surface area contributed by atoms with Crippen LogP contribution in [-0.2, 0) is 23.0 Å². The number of rotatable bonds is 7. The summed E-state index contributed by atoms with van der Waals surface area (Å²) in [7, 11) is -2.18. The molecule has 0 aliphatic heterocycles. The van der Waals surface area contributed by atoms with Gasteiger partial charge in [-0.3, -0.25) is 0 Å². The van der Waals surface area contributed by atoms with E-state index in [-0.39, 0.29) is 24.5 Å². The Balaban J connectivity index is 2.25. The number of methoxy groups -OCH3 is 1. The van der Waals surface area contributed by atoms with E-state index in [0.29, 0.717) is 17.0 Å². The van der Waals surface area contributed by atoms with Gasteiger partial charge in [0.1, 0.15) is 5.75 Å². The summed E-state index contributed by atoms with van der Waals surface area (Å²) in [6.07, 6.45) is 3.26. The van der Waals surface area contributed by atoms with Gasteiger partial charge < -0.3 is 14.8 Å². The third-order valence-electron chi connectivity index (χ3n) is 2.95. The summed E-state index contributed by atoms with van der Waals surface area (Å²) in [6, 6.07) is 4.66. The maximum atomic E-state index is 12.4. The van der Waals surface area contributed by atoms with Gasteiger partial charge in [0.25, 0.3) is 0 Å². The van der Waals surface area contributed by atoms with Crippen molar-refractivity contribution in [3.63, 3.8) is 0 Å². The number of aliphatic hydroxyl groups is 1. The van der Waals surface area contributed by atoms with Crippen LogP contribution in [0.4, 0.5) is 0 Å². The Kier molecular flexibility index (Phi) is 4.94. The lowest BCUT2D eigenvalue weighted by Gasteiger charge is -2.12. The number of nitrogens with zero attached hydrogens (tertiary/aromatic N) is 1. The van der Waals surface area contributed by atoms with Gasteiger partial charge in [0, 0.05) is 18.5 Å². The molecule has 1 heterocycles. The van der Waals surface area contributed by atoms with Crippen LogP contribution in [-0.4, -0.2) is 37.2 Å². The van der Waals surface area contributed by atoms with Crippen LogP contribution in [0.1, 0.15) is 11.3 Å². The fourth-order valence-corrected chi connectivity index (χ4v) is 3.15. The SMILES string of the molecule is COc1ccc(S(=O)(=O)NCc2cnc[nH]2)c(CCO)c1. The van der Waals surface area contributed by atoms with Crippen LogP contribution < -0.4 is 9.46 Å². The first kappa shape index (κ1) is 15.5. The lowest BCUT2D eigenvalue weighted by atomic mass is 10.1. The number of aromatic nitrogens is 2. The van der Waals surface area contributed by atoms with Crippen LogP contribution in [0, 0.1) is 0 Å². The summed E-state index contributed by atoms with van der Waals surface area (Å²) in [5, 5.41) is 9.08. The van der Waals surface area contributed by atoms with Crippen LogP contribution in [0.5, 0.6) is 5.75 Å². The number of aromatic amines is 1. The van der Waals surface area contributed by atoms with Crippen LogP contribution in [0.15, 0.2) is 35.6 Å². The minimum atomic E-state index is -3.68. The Labute approximate surface area is 123 Å². The number of H-pyrrole nitrogens is 1. The second-order valence-electron chi connectivity index (χ2n) is 4.35. The second kappa shape index (κ2) is 6.70. The highest BCUT2D eigenvalue weighted by molar-refractivity contribution is 7.89. The zero-order chi connectivity index (χ0) is 15.3. The lowest BCUT2D eigenvalue weighted by Crippen LogP contribution is -2.24. The lowest BCUT2D eigenvalue weighted by molar-refractivity contribution is 0.298. The summed E-state index contributed by atoms with van der Waals surface area (Å²) in [4.78, 5) is 6.78. The molecule has 0 saturated heterocycles. The first-order valence-corrected chi connectivity index (χ1v) is 7.80. The quantitative estimate of drug-likeness (QED) is 0.688. The smallest absolute Gasteiger partial charge is 0.241 e. The summed E-state index contributed by atoms with van der Waals surface area (Å²) < 4.78 is 32.3. The first-order valence-electron chi connectivity index (χ1n) is 6.31. The van der Waals surface area contributed by atoms with E-state index in [2.05, 4.69) is 14.7 Å². The molecular weight excluding hydrogens is 294 g/mol. The number of imidazole rings is 1. The van der Waals surface area contributed by atoms with E-state index in [1.165, 1.54) is 19.5 Å². The molecule has 2 rings (SSSR count). The zero-order valence-corrected chi connectivity index (χ0v) is 12.4. The first-order chi connectivity index (χ1) is 10.1. The van der Waals surface area contributed by atoms with E-state index in [1.807, 2.05) is 0 Å². The van der Waals surface area contributed by atoms with Gasteiger partial charge in [0.2, 0.25) is 10.0 Å². The van der Waals surface area contributed by atoms with Crippen molar-refractivity contribution in [3.8, 4) is 5.75 Å². The Hall–Kier alpha value is -1.90. The molecule has 21 heavy (non-hydrogen) atoms. The molecule has 1 aromatic heterocycles. The number of aliphatic hydroxyl groups excluding tert-OH is 1. The topological polar surface area (TPSA) is 104 Å². The molecule has 0 spiro atoms. The normalized spacial score (nSPS) is 11.5. The average molecular weight is 311 g/mol. The molecule has 2 aromatic rings. The Morgan fingerprint density at radius 2 is 2.24 bits per heavy atom. The molecule has 114 valence electrons. The molecule has 0 amide bonds. The fraction of sp³-hybridized carbons (Fsp3) is 0.308. The summed E-state index contributed by atoms with van der Waals surface area (Å²) in [5.74, 6) is 0.547. The van der Waals surface area contributed by atoms with Crippen LogP contribution in [0.2, 0.25) is 0 Å². The maximum Gasteiger partial charge on any atom is 0.241 e. The minimum absolute atomic E-state index is 0.118. The zero-order valence-electron chi connectivity index (χ0n) is 11.5. The van der Waals surface area contributed by atoms with Crippen molar-refractivity contribution in [2.45, 2.75) is 17.9 Å². The van der Waals surface area contributed by atoms with Crippen molar-refractivity contribution in [2.75, 3.05) is 13.7 Å².